The van der Waals surface area contributed by atoms with Gasteiger partial charge in [-0.1, -0.05) is 95.0 Å². The number of thiophene rings is 1. The number of ether oxygens (including phenoxy) is 2. The number of aromatic nitrogens is 1. The van der Waals surface area contributed by atoms with Gasteiger partial charge < -0.3 is 9.47 Å². The number of hydrogen-bond donors (Lipinski definition) is 0. The average Bonchev–Trinajstić information content (AvgIpc) is 3.64. The maximum atomic E-state index is 13.3. The summed E-state index contributed by atoms with van der Waals surface area (Å²) in [5.74, 6) is -0.997. The van der Waals surface area contributed by atoms with Crippen molar-refractivity contribution < 1.29 is 23.9 Å². The predicted molar refractivity (Wildman–Crippen MR) is 163 cm³/mol. The molecule has 0 bridgehead atoms. The Balaban J connectivity index is 1.30. The van der Waals surface area contributed by atoms with E-state index in [0.29, 0.717) is 26.0 Å². The van der Waals surface area contributed by atoms with Gasteiger partial charge in [0, 0.05) is 7.11 Å². The van der Waals surface area contributed by atoms with Gasteiger partial charge in [0.1, 0.15) is 14.7 Å². The van der Waals surface area contributed by atoms with Gasteiger partial charge in [-0.15, -0.1) is 22.7 Å². The molecule has 0 saturated carbocycles. The maximum absolute atomic E-state index is 13.3. The Labute approximate surface area is 255 Å². The molecule has 224 valence electrons. The molecule has 11 heteroatoms. The molecule has 4 rings (SSSR count). The number of methoxy groups -OCH3 is 1. The zero-order chi connectivity index (χ0) is 29.9. The van der Waals surface area contributed by atoms with Gasteiger partial charge in [-0.3, -0.25) is 9.69 Å². The van der Waals surface area contributed by atoms with Crippen LogP contribution in [-0.4, -0.2) is 52.6 Å². The third-order valence-electron chi connectivity index (χ3n) is 7.26. The van der Waals surface area contributed by atoms with Crippen molar-refractivity contribution in [3.63, 3.8) is 0 Å². The summed E-state index contributed by atoms with van der Waals surface area (Å²) in [4.78, 5) is 46.8. The SMILES string of the molecule is CCCCCCCCCCCCOC(=O)c1cc2sc(C(C#N)N3C(=O)C(OC)N(Cc4ccccc4)C3=O)nc2s1. The minimum Gasteiger partial charge on any atom is -0.462 e. The van der Waals surface area contributed by atoms with E-state index in [9.17, 15) is 19.6 Å². The van der Waals surface area contributed by atoms with Gasteiger partial charge in [0.25, 0.3) is 5.91 Å². The van der Waals surface area contributed by atoms with Crippen molar-refractivity contribution >= 4 is 50.1 Å². The molecule has 0 spiro atoms. The van der Waals surface area contributed by atoms with Gasteiger partial charge in [0.2, 0.25) is 6.23 Å². The molecule has 3 aromatic rings. The fourth-order valence-electron chi connectivity index (χ4n) is 5.00. The molecule has 2 aromatic heterocycles. The van der Waals surface area contributed by atoms with E-state index in [1.807, 2.05) is 30.3 Å². The number of thiazole rings is 1. The summed E-state index contributed by atoms with van der Waals surface area (Å²) in [6, 6.07) is 11.2. The number of nitriles is 1. The number of hydrogen-bond acceptors (Lipinski definition) is 9. The first-order valence-electron chi connectivity index (χ1n) is 14.7. The number of nitrogens with zero attached hydrogens (tertiary/aromatic N) is 4. The number of rotatable bonds is 17. The van der Waals surface area contributed by atoms with Crippen LogP contribution in [0, 0.1) is 11.3 Å². The predicted octanol–water partition coefficient (Wildman–Crippen LogP) is 7.44. The minimum atomic E-state index is -1.21. The molecular formula is C31H38N4O5S2. The first-order chi connectivity index (χ1) is 20.5. The minimum absolute atomic E-state index is 0.163. The molecule has 9 nitrogen and oxygen atoms in total. The van der Waals surface area contributed by atoms with Crippen LogP contribution in [0.4, 0.5) is 4.79 Å². The number of carbonyl (C=O) groups excluding carboxylic acids is 3. The van der Waals surface area contributed by atoms with Gasteiger partial charge in [-0.2, -0.15) is 5.26 Å². The van der Waals surface area contributed by atoms with E-state index in [2.05, 4.69) is 18.0 Å². The van der Waals surface area contributed by atoms with Crippen LogP contribution in [-0.2, 0) is 20.8 Å². The van der Waals surface area contributed by atoms with Crippen molar-refractivity contribution in [3.8, 4) is 6.07 Å². The Hall–Kier alpha value is -3.33. The lowest BCUT2D eigenvalue weighted by molar-refractivity contribution is -0.140. The van der Waals surface area contributed by atoms with Crippen molar-refractivity contribution in [3.05, 3.63) is 51.8 Å². The van der Waals surface area contributed by atoms with E-state index >= 15 is 0 Å². The molecule has 3 amide bonds. The van der Waals surface area contributed by atoms with E-state index < -0.39 is 24.2 Å². The van der Waals surface area contributed by atoms with Gasteiger partial charge in [-0.25, -0.2) is 19.5 Å². The fourth-order valence-corrected chi connectivity index (χ4v) is 7.15. The maximum Gasteiger partial charge on any atom is 0.348 e. The Morgan fingerprint density at radius 2 is 1.69 bits per heavy atom. The summed E-state index contributed by atoms with van der Waals surface area (Å²) in [6.07, 6.45) is 11.0. The Morgan fingerprint density at radius 1 is 1.02 bits per heavy atom. The second-order valence-electron chi connectivity index (χ2n) is 10.4. The monoisotopic (exact) mass is 610 g/mol. The molecule has 2 unspecified atom stereocenters. The van der Waals surface area contributed by atoms with E-state index in [1.54, 1.807) is 6.07 Å². The van der Waals surface area contributed by atoms with E-state index in [0.717, 1.165) is 29.7 Å². The Kier molecular flexibility index (Phi) is 11.9. The van der Waals surface area contributed by atoms with E-state index in [-0.39, 0.29) is 12.5 Å². The molecule has 1 fully saturated rings. The normalized spacial score (nSPS) is 15.9. The van der Waals surface area contributed by atoms with Crippen LogP contribution < -0.4 is 0 Å². The summed E-state index contributed by atoms with van der Waals surface area (Å²) < 4.78 is 11.5. The standard InChI is InChI=1S/C31H38N4O5S2/c1-3-4-5-6-7-8-9-10-11-15-18-40-30(37)25-19-24-27(42-25)33-26(41-24)23(20-32)35-28(36)29(39-2)34(31(35)38)21-22-16-13-12-14-17-22/h12-14,16-17,19,23,29H,3-11,15,18,21H2,1-2H3. The number of unbranched alkanes of at least 4 members (excludes halogenated alkanes) is 9. The second kappa shape index (κ2) is 15.8. The number of esters is 1. The number of benzene rings is 1. The third kappa shape index (κ3) is 7.73. The highest BCUT2D eigenvalue weighted by Crippen LogP contribution is 2.37. The van der Waals surface area contributed by atoms with E-state index in [1.165, 1.54) is 79.6 Å². The lowest BCUT2D eigenvalue weighted by Crippen LogP contribution is -2.36. The molecule has 1 aliphatic heterocycles. The molecule has 42 heavy (non-hydrogen) atoms. The van der Waals surface area contributed by atoms with Crippen LogP contribution in [0.15, 0.2) is 36.4 Å². The van der Waals surface area contributed by atoms with Crippen molar-refractivity contribution in [2.24, 2.45) is 0 Å². The summed E-state index contributed by atoms with van der Waals surface area (Å²) in [5, 5.41) is 10.3. The summed E-state index contributed by atoms with van der Waals surface area (Å²) in [6.45, 7) is 2.78. The van der Waals surface area contributed by atoms with Crippen LogP contribution in [0.2, 0.25) is 0 Å². The van der Waals surface area contributed by atoms with Crippen LogP contribution in [0.25, 0.3) is 9.53 Å². The molecule has 2 atom stereocenters. The molecular weight excluding hydrogens is 572 g/mol. The molecule has 3 heterocycles. The first kappa shape index (κ1) is 31.6. The molecule has 0 radical (unpaired) electrons. The molecule has 0 aliphatic carbocycles. The summed E-state index contributed by atoms with van der Waals surface area (Å²) in [7, 11) is 1.36. The van der Waals surface area contributed by atoms with Crippen molar-refractivity contribution in [1.29, 1.82) is 5.26 Å². The molecule has 1 saturated heterocycles. The summed E-state index contributed by atoms with van der Waals surface area (Å²) in [5.41, 5.74) is 0.832. The third-order valence-corrected chi connectivity index (χ3v) is 9.45. The highest BCUT2D eigenvalue weighted by Gasteiger charge is 2.49. The van der Waals surface area contributed by atoms with Gasteiger partial charge >= 0.3 is 12.0 Å². The molecule has 1 aromatic carbocycles. The Morgan fingerprint density at radius 3 is 2.31 bits per heavy atom. The molecule has 1 aliphatic rings. The molecule has 0 N–H and O–H groups in total. The number of imide groups is 1. The van der Waals surface area contributed by atoms with Crippen LogP contribution in [0.3, 0.4) is 0 Å². The van der Waals surface area contributed by atoms with Gasteiger partial charge in [0.15, 0.2) is 6.04 Å². The number of urea groups is 1. The van der Waals surface area contributed by atoms with E-state index in [4.69, 9.17) is 9.47 Å². The van der Waals surface area contributed by atoms with Crippen LogP contribution in [0.1, 0.15) is 97.4 Å². The lowest BCUT2D eigenvalue weighted by atomic mass is 10.1. The van der Waals surface area contributed by atoms with Crippen LogP contribution >= 0.6 is 22.7 Å². The number of fused-ring (bicyclic) bond motifs is 1. The van der Waals surface area contributed by atoms with Crippen molar-refractivity contribution in [2.45, 2.75) is 89.9 Å². The first-order valence-corrected chi connectivity index (χ1v) is 16.3. The lowest BCUT2D eigenvalue weighted by Gasteiger charge is -2.21. The smallest absolute Gasteiger partial charge is 0.348 e. The number of carbonyl (C=O) groups is 3. The number of amides is 3. The topological polar surface area (TPSA) is 113 Å². The zero-order valence-corrected chi connectivity index (χ0v) is 25.9. The highest BCUT2D eigenvalue weighted by atomic mass is 32.1. The zero-order valence-electron chi connectivity index (χ0n) is 24.3. The van der Waals surface area contributed by atoms with Crippen molar-refractivity contribution in [2.75, 3.05) is 13.7 Å². The van der Waals surface area contributed by atoms with Crippen molar-refractivity contribution in [1.82, 2.24) is 14.8 Å². The van der Waals surface area contributed by atoms with Gasteiger partial charge in [0.05, 0.1) is 23.9 Å². The Bertz CT molecular complexity index is 1350. The fraction of sp³-hybridized carbons (Fsp3) is 0.516. The van der Waals surface area contributed by atoms with Gasteiger partial charge in [-0.05, 0) is 18.1 Å². The van der Waals surface area contributed by atoms with Crippen LogP contribution in [0.5, 0.6) is 0 Å². The largest absolute Gasteiger partial charge is 0.462 e. The summed E-state index contributed by atoms with van der Waals surface area (Å²) >= 11 is 2.36. The highest BCUT2D eigenvalue weighted by molar-refractivity contribution is 7.28. The quantitative estimate of drug-likeness (QED) is 0.0887. The average molecular weight is 611 g/mol. The second-order valence-corrected chi connectivity index (χ2v) is 12.5.